The summed E-state index contributed by atoms with van der Waals surface area (Å²) >= 11 is 1.40. The molecule has 1 atom stereocenters. The Hall–Kier alpha value is -4.04. The van der Waals surface area contributed by atoms with Gasteiger partial charge in [0, 0.05) is 31.7 Å². The SMILES string of the molecule is Cc1ccc(-c2ccc(N3CCN(C(=O)CN(C(=O)c4cccs4)C(C)c4ccccc4)CC3)nn2)cc1. The zero-order valence-corrected chi connectivity index (χ0v) is 22.5. The summed E-state index contributed by atoms with van der Waals surface area (Å²) < 4.78 is 0. The minimum absolute atomic E-state index is 0.0395. The zero-order chi connectivity index (χ0) is 26.5. The van der Waals surface area contributed by atoms with Crippen LogP contribution in [-0.2, 0) is 4.79 Å². The first-order valence-corrected chi connectivity index (χ1v) is 13.7. The summed E-state index contributed by atoms with van der Waals surface area (Å²) in [6.45, 7) is 6.55. The van der Waals surface area contributed by atoms with E-state index in [1.807, 2.05) is 71.8 Å². The average Bonchev–Trinajstić information content (AvgIpc) is 3.51. The molecule has 1 saturated heterocycles. The van der Waals surface area contributed by atoms with Gasteiger partial charge in [-0.2, -0.15) is 0 Å². The third-order valence-corrected chi connectivity index (χ3v) is 7.86. The lowest BCUT2D eigenvalue weighted by atomic mass is 10.1. The summed E-state index contributed by atoms with van der Waals surface area (Å²) in [6.07, 6.45) is 0. The van der Waals surface area contributed by atoms with E-state index in [2.05, 4.69) is 46.3 Å². The number of aryl methyl sites for hydroxylation is 1. The second-order valence-electron chi connectivity index (χ2n) is 9.51. The fourth-order valence-corrected chi connectivity index (χ4v) is 5.32. The van der Waals surface area contributed by atoms with Gasteiger partial charge < -0.3 is 14.7 Å². The van der Waals surface area contributed by atoms with Crippen molar-refractivity contribution in [3.63, 3.8) is 0 Å². The van der Waals surface area contributed by atoms with Crippen LogP contribution in [-0.4, -0.2) is 64.5 Å². The topological polar surface area (TPSA) is 69.6 Å². The molecule has 1 fully saturated rings. The number of benzene rings is 2. The van der Waals surface area contributed by atoms with Gasteiger partial charge in [0.1, 0.15) is 6.54 Å². The van der Waals surface area contributed by atoms with Crippen molar-refractivity contribution in [2.45, 2.75) is 19.9 Å². The van der Waals surface area contributed by atoms with Crippen LogP contribution in [0.5, 0.6) is 0 Å². The molecule has 38 heavy (non-hydrogen) atoms. The third kappa shape index (κ3) is 5.75. The number of aromatic nitrogens is 2. The summed E-state index contributed by atoms with van der Waals surface area (Å²) in [5.74, 6) is 0.644. The summed E-state index contributed by atoms with van der Waals surface area (Å²) in [5.41, 5.74) is 4.09. The smallest absolute Gasteiger partial charge is 0.264 e. The molecule has 0 aliphatic carbocycles. The summed E-state index contributed by atoms with van der Waals surface area (Å²) in [7, 11) is 0. The molecule has 0 N–H and O–H groups in total. The molecule has 0 radical (unpaired) electrons. The average molecular weight is 526 g/mol. The second kappa shape index (κ2) is 11.6. The van der Waals surface area contributed by atoms with E-state index in [1.165, 1.54) is 16.9 Å². The number of amides is 2. The molecule has 1 aliphatic rings. The molecule has 2 aromatic heterocycles. The van der Waals surface area contributed by atoms with Gasteiger partial charge in [-0.1, -0.05) is 66.2 Å². The van der Waals surface area contributed by atoms with Crippen LogP contribution < -0.4 is 4.90 Å². The molecule has 1 aliphatic heterocycles. The molecule has 194 valence electrons. The van der Waals surface area contributed by atoms with Crippen LogP contribution in [0, 0.1) is 6.92 Å². The number of thiophene rings is 1. The summed E-state index contributed by atoms with van der Waals surface area (Å²) in [5, 5.41) is 10.8. The molecular formula is C30H31N5O2S. The van der Waals surface area contributed by atoms with Crippen molar-refractivity contribution in [2.24, 2.45) is 0 Å². The van der Waals surface area contributed by atoms with E-state index in [-0.39, 0.29) is 24.4 Å². The lowest BCUT2D eigenvalue weighted by Gasteiger charge is -2.37. The van der Waals surface area contributed by atoms with Crippen LogP contribution in [0.1, 0.15) is 33.8 Å². The van der Waals surface area contributed by atoms with Gasteiger partial charge in [0.25, 0.3) is 5.91 Å². The van der Waals surface area contributed by atoms with Crippen molar-refractivity contribution >= 4 is 29.0 Å². The van der Waals surface area contributed by atoms with E-state index in [4.69, 9.17) is 0 Å². The largest absolute Gasteiger partial charge is 0.352 e. The monoisotopic (exact) mass is 525 g/mol. The van der Waals surface area contributed by atoms with Crippen molar-refractivity contribution < 1.29 is 9.59 Å². The van der Waals surface area contributed by atoms with Crippen LogP contribution >= 0.6 is 11.3 Å². The van der Waals surface area contributed by atoms with Crippen molar-refractivity contribution in [1.29, 1.82) is 0 Å². The number of rotatable bonds is 7. The molecular weight excluding hydrogens is 494 g/mol. The Balaban J connectivity index is 1.22. The van der Waals surface area contributed by atoms with E-state index >= 15 is 0 Å². The van der Waals surface area contributed by atoms with Crippen molar-refractivity contribution in [2.75, 3.05) is 37.6 Å². The zero-order valence-electron chi connectivity index (χ0n) is 21.7. The van der Waals surface area contributed by atoms with Gasteiger partial charge in [0.15, 0.2) is 5.82 Å². The molecule has 2 amide bonds. The Kier molecular flexibility index (Phi) is 7.79. The van der Waals surface area contributed by atoms with Gasteiger partial charge in [0.2, 0.25) is 5.91 Å². The molecule has 8 heteroatoms. The number of carbonyl (C=O) groups is 2. The highest BCUT2D eigenvalue weighted by Gasteiger charge is 2.29. The first-order chi connectivity index (χ1) is 18.5. The van der Waals surface area contributed by atoms with Crippen molar-refractivity contribution in [3.8, 4) is 11.3 Å². The van der Waals surface area contributed by atoms with Gasteiger partial charge in [-0.05, 0) is 43.0 Å². The number of hydrogen-bond acceptors (Lipinski definition) is 6. The Morgan fingerprint density at radius 1 is 0.895 bits per heavy atom. The first-order valence-electron chi connectivity index (χ1n) is 12.8. The fraction of sp³-hybridized carbons (Fsp3) is 0.267. The molecule has 0 saturated carbocycles. The number of anilines is 1. The van der Waals surface area contributed by atoms with Gasteiger partial charge in [-0.3, -0.25) is 9.59 Å². The Morgan fingerprint density at radius 3 is 2.26 bits per heavy atom. The number of carbonyl (C=O) groups excluding carboxylic acids is 2. The van der Waals surface area contributed by atoms with Crippen LogP contribution in [0.4, 0.5) is 5.82 Å². The minimum atomic E-state index is -0.224. The molecule has 3 heterocycles. The fourth-order valence-electron chi connectivity index (χ4n) is 4.64. The highest BCUT2D eigenvalue weighted by Crippen LogP contribution is 2.25. The van der Waals surface area contributed by atoms with Crippen molar-refractivity contribution in [3.05, 3.63) is 100 Å². The van der Waals surface area contributed by atoms with Crippen molar-refractivity contribution in [1.82, 2.24) is 20.0 Å². The predicted octanol–water partition coefficient (Wildman–Crippen LogP) is 5.07. The van der Waals surface area contributed by atoms with E-state index in [1.54, 1.807) is 4.90 Å². The van der Waals surface area contributed by atoms with Crippen LogP contribution in [0.25, 0.3) is 11.3 Å². The molecule has 4 aromatic rings. The second-order valence-corrected chi connectivity index (χ2v) is 10.5. The Labute approximate surface area is 227 Å². The number of hydrogen-bond donors (Lipinski definition) is 0. The Morgan fingerprint density at radius 2 is 1.63 bits per heavy atom. The predicted molar refractivity (Wildman–Crippen MR) is 151 cm³/mol. The molecule has 5 rings (SSSR count). The van der Waals surface area contributed by atoms with E-state index in [0.29, 0.717) is 31.1 Å². The summed E-state index contributed by atoms with van der Waals surface area (Å²) in [4.78, 5) is 33.1. The molecule has 7 nitrogen and oxygen atoms in total. The van der Waals surface area contributed by atoms with Crippen LogP contribution in [0.15, 0.2) is 84.2 Å². The van der Waals surface area contributed by atoms with Crippen LogP contribution in [0.2, 0.25) is 0 Å². The highest BCUT2D eigenvalue weighted by atomic mass is 32.1. The van der Waals surface area contributed by atoms with Gasteiger partial charge >= 0.3 is 0 Å². The number of nitrogens with zero attached hydrogens (tertiary/aromatic N) is 5. The maximum absolute atomic E-state index is 13.4. The minimum Gasteiger partial charge on any atom is -0.352 e. The maximum Gasteiger partial charge on any atom is 0.264 e. The standard InChI is InChI=1S/C30H31N5O2S/c1-22-10-12-25(13-11-22)26-14-15-28(32-31-26)33-16-18-34(19-17-33)29(36)21-35(30(37)27-9-6-20-38-27)23(2)24-7-4-3-5-8-24/h3-15,20,23H,16-19,21H2,1-2H3. The van der Waals surface area contributed by atoms with E-state index in [9.17, 15) is 9.59 Å². The molecule has 2 aromatic carbocycles. The maximum atomic E-state index is 13.4. The third-order valence-electron chi connectivity index (χ3n) is 7.00. The number of piperazine rings is 1. The molecule has 0 bridgehead atoms. The van der Waals surface area contributed by atoms with E-state index in [0.717, 1.165) is 22.6 Å². The normalized spacial score (nSPS) is 14.3. The quantitative estimate of drug-likeness (QED) is 0.337. The lowest BCUT2D eigenvalue weighted by molar-refractivity contribution is -0.132. The van der Waals surface area contributed by atoms with Gasteiger partial charge in [-0.25, -0.2) is 0 Å². The Bertz CT molecular complexity index is 1350. The van der Waals surface area contributed by atoms with Crippen LogP contribution in [0.3, 0.4) is 0 Å². The van der Waals surface area contributed by atoms with Gasteiger partial charge in [-0.15, -0.1) is 21.5 Å². The highest BCUT2D eigenvalue weighted by molar-refractivity contribution is 7.12. The van der Waals surface area contributed by atoms with Gasteiger partial charge in [0.05, 0.1) is 16.6 Å². The molecule has 1 unspecified atom stereocenters. The lowest BCUT2D eigenvalue weighted by Crippen LogP contribution is -2.52. The summed E-state index contributed by atoms with van der Waals surface area (Å²) in [6, 6.07) is 25.5. The first kappa shape index (κ1) is 25.6. The van der Waals surface area contributed by atoms with E-state index < -0.39 is 0 Å². The molecule has 0 spiro atoms.